The van der Waals surface area contributed by atoms with E-state index in [2.05, 4.69) is 21.9 Å². The number of hydrogen-bond acceptors (Lipinski definition) is 2. The molecule has 2 N–H and O–H groups in total. The number of halogens is 3. The van der Waals surface area contributed by atoms with Gasteiger partial charge in [-0.3, -0.25) is 0 Å². The molecule has 1 aromatic heterocycles. The number of benzene rings is 1. The number of H-pyrrole nitrogens is 1. The van der Waals surface area contributed by atoms with Crippen molar-refractivity contribution in [3.63, 3.8) is 0 Å². The van der Waals surface area contributed by atoms with E-state index in [4.69, 9.17) is 0 Å². The van der Waals surface area contributed by atoms with Crippen molar-refractivity contribution in [2.45, 2.75) is 69.5 Å². The molecule has 0 bridgehead atoms. The van der Waals surface area contributed by atoms with E-state index in [0.717, 1.165) is 37.6 Å². The second-order valence-corrected chi connectivity index (χ2v) is 8.46. The number of nitrogens with zero attached hydrogens (tertiary/aromatic N) is 1. The van der Waals surface area contributed by atoms with Crippen LogP contribution < -0.4 is 5.32 Å². The SMILES string of the molecule is C=C(NC1CCCC1)C1CCC(c2ncc(-c3cccc(C(F)(F)F)c3)[nH]2)CC1. The van der Waals surface area contributed by atoms with Crippen LogP contribution >= 0.6 is 0 Å². The Balaban J connectivity index is 1.36. The second kappa shape index (κ2) is 8.25. The van der Waals surface area contributed by atoms with E-state index in [9.17, 15) is 13.2 Å². The third kappa shape index (κ3) is 4.68. The summed E-state index contributed by atoms with van der Waals surface area (Å²) >= 11 is 0. The fourth-order valence-electron chi connectivity index (χ4n) is 4.72. The van der Waals surface area contributed by atoms with Crippen molar-refractivity contribution in [2.24, 2.45) is 5.92 Å². The molecule has 1 heterocycles. The summed E-state index contributed by atoms with van der Waals surface area (Å²) < 4.78 is 38.9. The fraction of sp³-hybridized carbons (Fsp3) is 0.522. The van der Waals surface area contributed by atoms with Gasteiger partial charge < -0.3 is 10.3 Å². The maximum absolute atomic E-state index is 13.0. The first-order valence-electron chi connectivity index (χ1n) is 10.6. The second-order valence-electron chi connectivity index (χ2n) is 8.46. The van der Waals surface area contributed by atoms with Crippen molar-refractivity contribution in [3.05, 3.63) is 54.1 Å². The van der Waals surface area contributed by atoms with Gasteiger partial charge in [0, 0.05) is 23.2 Å². The van der Waals surface area contributed by atoms with Gasteiger partial charge in [-0.15, -0.1) is 0 Å². The molecule has 6 heteroatoms. The molecule has 29 heavy (non-hydrogen) atoms. The summed E-state index contributed by atoms with van der Waals surface area (Å²) in [5, 5.41) is 3.64. The largest absolute Gasteiger partial charge is 0.416 e. The van der Waals surface area contributed by atoms with Crippen LogP contribution in [0.4, 0.5) is 13.2 Å². The maximum atomic E-state index is 13.0. The summed E-state index contributed by atoms with van der Waals surface area (Å²) in [5.74, 6) is 1.71. The van der Waals surface area contributed by atoms with Crippen LogP contribution in [0.1, 0.15) is 68.7 Å². The van der Waals surface area contributed by atoms with Gasteiger partial charge in [-0.1, -0.05) is 31.6 Å². The molecule has 2 saturated carbocycles. The Morgan fingerprint density at radius 1 is 1.07 bits per heavy atom. The number of aromatic amines is 1. The summed E-state index contributed by atoms with van der Waals surface area (Å²) in [5.41, 5.74) is 1.70. The standard InChI is InChI=1S/C23H28F3N3/c1-15(28-20-7-2-3-8-20)16-9-11-17(12-10-16)22-27-14-21(29-22)18-5-4-6-19(13-18)23(24,25)26/h4-6,13-14,16-17,20,28H,1-3,7-12H2,(H,27,29). The number of alkyl halides is 3. The highest BCUT2D eigenvalue weighted by molar-refractivity contribution is 5.59. The fourth-order valence-corrected chi connectivity index (χ4v) is 4.72. The maximum Gasteiger partial charge on any atom is 0.416 e. The quantitative estimate of drug-likeness (QED) is 0.605. The molecule has 0 radical (unpaired) electrons. The first-order chi connectivity index (χ1) is 13.9. The third-order valence-corrected chi connectivity index (χ3v) is 6.45. The Labute approximate surface area is 169 Å². The molecule has 0 aliphatic heterocycles. The van der Waals surface area contributed by atoms with Crippen molar-refractivity contribution in [3.8, 4) is 11.3 Å². The van der Waals surface area contributed by atoms with Crippen LogP contribution in [-0.2, 0) is 6.18 Å². The molecule has 0 unspecified atom stereocenters. The summed E-state index contributed by atoms with van der Waals surface area (Å²) in [6.45, 7) is 4.29. The van der Waals surface area contributed by atoms with Crippen LogP contribution in [0, 0.1) is 5.92 Å². The van der Waals surface area contributed by atoms with E-state index < -0.39 is 11.7 Å². The lowest BCUT2D eigenvalue weighted by molar-refractivity contribution is -0.137. The molecule has 2 aliphatic carbocycles. The monoisotopic (exact) mass is 403 g/mol. The summed E-state index contributed by atoms with van der Waals surface area (Å²) in [4.78, 5) is 7.75. The minimum Gasteiger partial charge on any atom is -0.386 e. The summed E-state index contributed by atoms with van der Waals surface area (Å²) in [6.07, 6.45) is 6.61. The average molecular weight is 403 g/mol. The van der Waals surface area contributed by atoms with E-state index in [1.54, 1.807) is 12.3 Å². The van der Waals surface area contributed by atoms with Crippen molar-refractivity contribution < 1.29 is 13.2 Å². The molecule has 2 aliphatic rings. The van der Waals surface area contributed by atoms with Gasteiger partial charge in [0.1, 0.15) is 5.82 Å². The molecule has 2 fully saturated rings. The molecule has 4 rings (SSSR count). The van der Waals surface area contributed by atoms with Crippen LogP contribution in [0.15, 0.2) is 42.7 Å². The lowest BCUT2D eigenvalue weighted by Crippen LogP contribution is -2.30. The Bertz CT molecular complexity index is 841. The highest BCUT2D eigenvalue weighted by Gasteiger charge is 2.31. The van der Waals surface area contributed by atoms with Crippen LogP contribution in [0.5, 0.6) is 0 Å². The lowest BCUT2D eigenvalue weighted by Gasteiger charge is -2.30. The molecule has 0 spiro atoms. The highest BCUT2D eigenvalue weighted by atomic mass is 19.4. The van der Waals surface area contributed by atoms with Gasteiger partial charge in [0.05, 0.1) is 17.5 Å². The van der Waals surface area contributed by atoms with Gasteiger partial charge in [0.2, 0.25) is 0 Å². The summed E-state index contributed by atoms with van der Waals surface area (Å²) in [7, 11) is 0. The van der Waals surface area contributed by atoms with Crippen molar-refractivity contribution >= 4 is 0 Å². The Hall–Kier alpha value is -2.24. The predicted octanol–water partition coefficient (Wildman–Crippen LogP) is 6.42. The molecule has 0 saturated heterocycles. The van der Waals surface area contributed by atoms with E-state index in [0.29, 0.717) is 29.1 Å². The molecular weight excluding hydrogens is 375 g/mol. The van der Waals surface area contributed by atoms with Crippen LogP contribution in [0.3, 0.4) is 0 Å². The van der Waals surface area contributed by atoms with Gasteiger partial charge >= 0.3 is 6.18 Å². The van der Waals surface area contributed by atoms with E-state index in [1.165, 1.54) is 43.5 Å². The number of rotatable bonds is 5. The van der Waals surface area contributed by atoms with E-state index >= 15 is 0 Å². The third-order valence-electron chi connectivity index (χ3n) is 6.45. The Morgan fingerprint density at radius 2 is 1.79 bits per heavy atom. The Morgan fingerprint density at radius 3 is 2.48 bits per heavy atom. The van der Waals surface area contributed by atoms with Gasteiger partial charge in [0.25, 0.3) is 0 Å². The molecule has 1 aromatic carbocycles. The van der Waals surface area contributed by atoms with E-state index in [-0.39, 0.29) is 0 Å². The topological polar surface area (TPSA) is 40.7 Å². The minimum absolute atomic E-state index is 0.324. The molecule has 0 amide bonds. The molecule has 156 valence electrons. The zero-order valence-corrected chi connectivity index (χ0v) is 16.6. The highest BCUT2D eigenvalue weighted by Crippen LogP contribution is 2.38. The zero-order chi connectivity index (χ0) is 20.4. The van der Waals surface area contributed by atoms with Crippen LogP contribution in [0.2, 0.25) is 0 Å². The average Bonchev–Trinajstić information content (AvgIpc) is 3.40. The van der Waals surface area contributed by atoms with Crippen molar-refractivity contribution in [1.29, 1.82) is 0 Å². The lowest BCUT2D eigenvalue weighted by atomic mass is 9.80. The predicted molar refractivity (Wildman–Crippen MR) is 108 cm³/mol. The van der Waals surface area contributed by atoms with Gasteiger partial charge in [-0.2, -0.15) is 13.2 Å². The number of imidazole rings is 1. The van der Waals surface area contributed by atoms with Crippen molar-refractivity contribution in [2.75, 3.05) is 0 Å². The van der Waals surface area contributed by atoms with Crippen LogP contribution in [0.25, 0.3) is 11.3 Å². The zero-order valence-electron chi connectivity index (χ0n) is 16.6. The Kier molecular flexibility index (Phi) is 5.70. The number of hydrogen-bond donors (Lipinski definition) is 2. The van der Waals surface area contributed by atoms with E-state index in [1.807, 2.05) is 0 Å². The number of allylic oxidation sites excluding steroid dienone is 1. The summed E-state index contributed by atoms with van der Waals surface area (Å²) in [6, 6.07) is 5.98. The number of aromatic nitrogens is 2. The van der Waals surface area contributed by atoms with Gasteiger partial charge in [-0.05, 0) is 56.6 Å². The normalized spacial score (nSPS) is 23.3. The molecule has 0 atom stereocenters. The first kappa shape index (κ1) is 20.0. The van der Waals surface area contributed by atoms with Crippen LogP contribution in [-0.4, -0.2) is 16.0 Å². The van der Waals surface area contributed by atoms with Gasteiger partial charge in [0.15, 0.2) is 0 Å². The van der Waals surface area contributed by atoms with Gasteiger partial charge in [-0.25, -0.2) is 4.98 Å². The molecule has 2 aromatic rings. The molecule has 3 nitrogen and oxygen atoms in total. The van der Waals surface area contributed by atoms with Crippen molar-refractivity contribution in [1.82, 2.24) is 15.3 Å². The first-order valence-corrected chi connectivity index (χ1v) is 10.6. The smallest absolute Gasteiger partial charge is 0.386 e. The molecular formula is C23H28F3N3. The number of nitrogens with one attached hydrogen (secondary N) is 2. The minimum atomic E-state index is -4.34.